The lowest BCUT2D eigenvalue weighted by atomic mass is 9.90. The fourth-order valence-corrected chi connectivity index (χ4v) is 2.19. The molecule has 0 aromatic heterocycles. The fraction of sp³-hybridized carbons (Fsp3) is 0.556. The summed E-state index contributed by atoms with van der Waals surface area (Å²) in [5.41, 5.74) is 0. The van der Waals surface area contributed by atoms with E-state index in [1.54, 1.807) is 7.11 Å². The molecule has 1 aliphatic rings. The van der Waals surface area contributed by atoms with Crippen molar-refractivity contribution in [2.45, 2.75) is 0 Å². The lowest BCUT2D eigenvalue weighted by Crippen LogP contribution is -2.19. The third-order valence-electron chi connectivity index (χ3n) is 2.06. The SMILES string of the molecule is COC1=CC(CO)C(CI)C=C1. The zero-order valence-electron chi connectivity index (χ0n) is 7.03. The number of allylic oxidation sites excluding steroid dienone is 2. The molecule has 12 heavy (non-hydrogen) atoms. The van der Waals surface area contributed by atoms with Crippen LogP contribution in [0.15, 0.2) is 24.0 Å². The van der Waals surface area contributed by atoms with Crippen LogP contribution in [0.2, 0.25) is 0 Å². The molecule has 68 valence electrons. The number of halogens is 1. The van der Waals surface area contributed by atoms with Crippen molar-refractivity contribution in [1.29, 1.82) is 0 Å². The quantitative estimate of drug-likeness (QED) is 0.630. The van der Waals surface area contributed by atoms with E-state index >= 15 is 0 Å². The molecule has 2 atom stereocenters. The van der Waals surface area contributed by atoms with Crippen LogP contribution in [0.4, 0.5) is 0 Å². The smallest absolute Gasteiger partial charge is 0.114 e. The number of aliphatic hydroxyl groups is 1. The van der Waals surface area contributed by atoms with Crippen molar-refractivity contribution in [1.82, 2.24) is 0 Å². The van der Waals surface area contributed by atoms with Crippen molar-refractivity contribution in [3.05, 3.63) is 24.0 Å². The Hall–Kier alpha value is -0.0300. The Morgan fingerprint density at radius 2 is 2.33 bits per heavy atom. The van der Waals surface area contributed by atoms with Crippen molar-refractivity contribution >= 4 is 22.6 Å². The monoisotopic (exact) mass is 280 g/mol. The van der Waals surface area contributed by atoms with E-state index in [-0.39, 0.29) is 12.5 Å². The lowest BCUT2D eigenvalue weighted by molar-refractivity contribution is 0.220. The molecule has 0 aromatic carbocycles. The van der Waals surface area contributed by atoms with Gasteiger partial charge in [0.25, 0.3) is 0 Å². The molecule has 0 heterocycles. The number of rotatable bonds is 3. The van der Waals surface area contributed by atoms with E-state index in [9.17, 15) is 0 Å². The minimum Gasteiger partial charge on any atom is -0.497 e. The van der Waals surface area contributed by atoms with Gasteiger partial charge in [0, 0.05) is 10.3 Å². The van der Waals surface area contributed by atoms with Gasteiger partial charge in [0.15, 0.2) is 0 Å². The average molecular weight is 280 g/mol. The van der Waals surface area contributed by atoms with E-state index in [1.165, 1.54) is 0 Å². The Labute approximate surface area is 86.4 Å². The highest BCUT2D eigenvalue weighted by Gasteiger charge is 2.19. The van der Waals surface area contributed by atoms with Crippen LogP contribution in [0, 0.1) is 11.8 Å². The maximum atomic E-state index is 9.07. The van der Waals surface area contributed by atoms with Crippen molar-refractivity contribution in [2.24, 2.45) is 11.8 Å². The maximum absolute atomic E-state index is 9.07. The van der Waals surface area contributed by atoms with Crippen LogP contribution in [0.5, 0.6) is 0 Å². The van der Waals surface area contributed by atoms with Crippen LogP contribution in [-0.2, 0) is 4.74 Å². The summed E-state index contributed by atoms with van der Waals surface area (Å²) in [6.45, 7) is 0.199. The molecule has 1 N–H and O–H groups in total. The minimum absolute atomic E-state index is 0.199. The van der Waals surface area contributed by atoms with Crippen LogP contribution < -0.4 is 0 Å². The van der Waals surface area contributed by atoms with Gasteiger partial charge in [-0.05, 0) is 18.1 Å². The van der Waals surface area contributed by atoms with Crippen LogP contribution in [0.1, 0.15) is 0 Å². The third kappa shape index (κ3) is 2.23. The maximum Gasteiger partial charge on any atom is 0.114 e. The van der Waals surface area contributed by atoms with E-state index in [0.29, 0.717) is 5.92 Å². The van der Waals surface area contributed by atoms with Gasteiger partial charge in [-0.3, -0.25) is 0 Å². The van der Waals surface area contributed by atoms with Gasteiger partial charge in [0.05, 0.1) is 13.7 Å². The van der Waals surface area contributed by atoms with Crippen LogP contribution in [-0.4, -0.2) is 23.3 Å². The van der Waals surface area contributed by atoms with Gasteiger partial charge >= 0.3 is 0 Å². The average Bonchev–Trinajstić information content (AvgIpc) is 2.16. The second kappa shape index (κ2) is 4.87. The molecule has 0 aliphatic heterocycles. The molecule has 0 saturated heterocycles. The van der Waals surface area contributed by atoms with Gasteiger partial charge in [-0.25, -0.2) is 0 Å². The zero-order chi connectivity index (χ0) is 8.97. The molecule has 1 rings (SSSR count). The third-order valence-corrected chi connectivity index (χ3v) is 3.08. The zero-order valence-corrected chi connectivity index (χ0v) is 9.19. The largest absolute Gasteiger partial charge is 0.497 e. The van der Waals surface area contributed by atoms with E-state index in [1.807, 2.05) is 12.2 Å². The highest BCUT2D eigenvalue weighted by Crippen LogP contribution is 2.24. The van der Waals surface area contributed by atoms with E-state index in [2.05, 4.69) is 28.7 Å². The van der Waals surface area contributed by atoms with E-state index in [0.717, 1.165) is 10.2 Å². The van der Waals surface area contributed by atoms with E-state index < -0.39 is 0 Å². The number of methoxy groups -OCH3 is 1. The summed E-state index contributed by atoms with van der Waals surface area (Å²) in [4.78, 5) is 0. The van der Waals surface area contributed by atoms with Gasteiger partial charge in [0.2, 0.25) is 0 Å². The molecular formula is C9H13IO2. The standard InChI is InChI=1S/C9H13IO2/c1-12-9-3-2-7(5-10)8(4-9)6-11/h2-4,7-8,11H,5-6H2,1H3. The van der Waals surface area contributed by atoms with Crippen LogP contribution in [0.25, 0.3) is 0 Å². The molecule has 0 radical (unpaired) electrons. The van der Waals surface area contributed by atoms with Gasteiger partial charge in [-0.2, -0.15) is 0 Å². The predicted molar refractivity (Wildman–Crippen MR) is 57.2 cm³/mol. The summed E-state index contributed by atoms with van der Waals surface area (Å²) >= 11 is 2.33. The van der Waals surface area contributed by atoms with Crippen LogP contribution in [0.3, 0.4) is 0 Å². The molecule has 0 fully saturated rings. The Morgan fingerprint density at radius 3 is 2.83 bits per heavy atom. The van der Waals surface area contributed by atoms with Gasteiger partial charge in [-0.1, -0.05) is 28.7 Å². The second-order valence-electron chi connectivity index (χ2n) is 2.80. The fourth-order valence-electron chi connectivity index (χ4n) is 1.24. The van der Waals surface area contributed by atoms with Crippen molar-refractivity contribution in [3.63, 3.8) is 0 Å². The van der Waals surface area contributed by atoms with Gasteiger partial charge in [-0.15, -0.1) is 0 Å². The van der Waals surface area contributed by atoms with Crippen molar-refractivity contribution in [3.8, 4) is 0 Å². The minimum atomic E-state index is 0.199. The summed E-state index contributed by atoms with van der Waals surface area (Å²) < 4.78 is 6.11. The van der Waals surface area contributed by atoms with Crippen molar-refractivity contribution < 1.29 is 9.84 Å². The summed E-state index contributed by atoms with van der Waals surface area (Å²) in [6, 6.07) is 0. The molecule has 0 spiro atoms. The Bertz CT molecular complexity index is 199. The summed E-state index contributed by atoms with van der Waals surface area (Å²) in [6.07, 6.45) is 6.06. The molecule has 1 aliphatic carbocycles. The molecular weight excluding hydrogens is 267 g/mol. The topological polar surface area (TPSA) is 29.5 Å². The Balaban J connectivity index is 2.67. The first kappa shape index (κ1) is 10.1. The molecule has 0 aromatic rings. The number of hydrogen-bond acceptors (Lipinski definition) is 2. The number of alkyl halides is 1. The first-order valence-electron chi connectivity index (χ1n) is 3.92. The van der Waals surface area contributed by atoms with Crippen LogP contribution >= 0.6 is 22.6 Å². The molecule has 0 bridgehead atoms. The summed E-state index contributed by atoms with van der Waals surface area (Å²) in [7, 11) is 1.65. The summed E-state index contributed by atoms with van der Waals surface area (Å²) in [5.74, 6) is 1.53. The van der Waals surface area contributed by atoms with Gasteiger partial charge in [0.1, 0.15) is 5.76 Å². The highest BCUT2D eigenvalue weighted by atomic mass is 127. The van der Waals surface area contributed by atoms with E-state index in [4.69, 9.17) is 9.84 Å². The van der Waals surface area contributed by atoms with Gasteiger partial charge < -0.3 is 9.84 Å². The lowest BCUT2D eigenvalue weighted by Gasteiger charge is -2.21. The molecule has 3 heteroatoms. The molecule has 0 saturated carbocycles. The molecule has 2 nitrogen and oxygen atoms in total. The number of aliphatic hydroxyl groups excluding tert-OH is 1. The van der Waals surface area contributed by atoms with Crippen molar-refractivity contribution in [2.75, 3.05) is 18.1 Å². The Morgan fingerprint density at radius 1 is 1.58 bits per heavy atom. The predicted octanol–water partition coefficient (Wildman–Crippen LogP) is 1.75. The second-order valence-corrected chi connectivity index (χ2v) is 3.68. The highest BCUT2D eigenvalue weighted by molar-refractivity contribution is 14.1. The first-order valence-corrected chi connectivity index (χ1v) is 5.45. The normalized spacial score (nSPS) is 28.4. The number of hydrogen-bond donors (Lipinski definition) is 1. The Kier molecular flexibility index (Phi) is 4.08. The summed E-state index contributed by atoms with van der Waals surface area (Å²) in [5, 5.41) is 9.07. The first-order chi connectivity index (χ1) is 5.81. The molecule has 2 unspecified atom stereocenters. The molecule has 0 amide bonds. The number of ether oxygens (including phenoxy) is 1.